The van der Waals surface area contributed by atoms with Gasteiger partial charge in [-0.15, -0.1) is 0 Å². The molecule has 0 aromatic heterocycles. The molecule has 0 N–H and O–H groups in total. The summed E-state index contributed by atoms with van der Waals surface area (Å²) in [6.45, 7) is 14.5. The predicted octanol–water partition coefficient (Wildman–Crippen LogP) is 4.59. The summed E-state index contributed by atoms with van der Waals surface area (Å²) < 4.78 is 0. The van der Waals surface area contributed by atoms with Crippen molar-refractivity contribution in [3.8, 4) is 0 Å². The molecule has 1 rings (SSSR count). The van der Waals surface area contributed by atoms with E-state index < -0.39 is 0 Å². The summed E-state index contributed by atoms with van der Waals surface area (Å²) in [4.78, 5) is 0. The summed E-state index contributed by atoms with van der Waals surface area (Å²) in [5.74, 6) is 2.71. The Morgan fingerprint density at radius 2 is 1.14 bits per heavy atom. The molecular formula is C13H26S. The first-order chi connectivity index (χ1) is 6.21. The van der Waals surface area contributed by atoms with Gasteiger partial charge in [-0.1, -0.05) is 41.5 Å². The second-order valence-corrected chi connectivity index (χ2v) is 7.92. The van der Waals surface area contributed by atoms with Crippen LogP contribution in [0.25, 0.3) is 0 Å². The lowest BCUT2D eigenvalue weighted by Crippen LogP contribution is -2.48. The van der Waals surface area contributed by atoms with Gasteiger partial charge >= 0.3 is 0 Å². The van der Waals surface area contributed by atoms with Gasteiger partial charge in [0, 0.05) is 0 Å². The fourth-order valence-corrected chi connectivity index (χ4v) is 4.53. The van der Waals surface area contributed by atoms with Crippen molar-refractivity contribution in [3.05, 3.63) is 0 Å². The molecule has 84 valence electrons. The van der Waals surface area contributed by atoms with Gasteiger partial charge in [-0.3, -0.25) is 0 Å². The topological polar surface area (TPSA) is 0 Å². The maximum absolute atomic E-state index is 2.42. The maximum atomic E-state index is 2.42. The van der Waals surface area contributed by atoms with Crippen molar-refractivity contribution >= 4 is 11.8 Å². The Bertz CT molecular complexity index is 170. The predicted molar refractivity (Wildman–Crippen MR) is 67.9 cm³/mol. The third-order valence-electron chi connectivity index (χ3n) is 4.22. The Kier molecular flexibility index (Phi) is 3.31. The molecule has 1 fully saturated rings. The zero-order valence-corrected chi connectivity index (χ0v) is 11.6. The van der Waals surface area contributed by atoms with E-state index in [9.17, 15) is 0 Å². The fraction of sp³-hybridized carbons (Fsp3) is 1.00. The van der Waals surface area contributed by atoms with Crippen molar-refractivity contribution in [2.45, 2.75) is 54.4 Å². The molecule has 0 radical (unpaired) electrons. The quantitative estimate of drug-likeness (QED) is 0.568. The Balaban J connectivity index is 3.01. The smallest absolute Gasteiger partial charge is 0.00618 e. The highest BCUT2D eigenvalue weighted by atomic mass is 32.2. The summed E-state index contributed by atoms with van der Waals surface area (Å²) in [5.41, 5.74) is 1.41. The van der Waals surface area contributed by atoms with Crippen LogP contribution in [-0.4, -0.2) is 11.5 Å². The van der Waals surface area contributed by atoms with Crippen molar-refractivity contribution in [3.63, 3.8) is 0 Å². The molecule has 0 aromatic carbocycles. The van der Waals surface area contributed by atoms with Crippen LogP contribution in [-0.2, 0) is 0 Å². The van der Waals surface area contributed by atoms with Crippen LogP contribution in [0.1, 0.15) is 54.4 Å². The third-order valence-corrected chi connectivity index (χ3v) is 5.20. The first kappa shape index (κ1) is 12.4. The average Bonchev–Trinajstić information content (AvgIpc) is 2.02. The molecule has 0 aliphatic carbocycles. The standard InChI is InChI=1S/C13H26S/c1-11(2,3)13(12(4,5)6)7-9-14-10-8-13/h7-10H2,1-6H3. The number of thioether (sulfide) groups is 1. The van der Waals surface area contributed by atoms with Gasteiger partial charge in [0.2, 0.25) is 0 Å². The Hall–Kier alpha value is 0.350. The lowest BCUT2D eigenvalue weighted by molar-refractivity contribution is -0.0398. The van der Waals surface area contributed by atoms with E-state index in [1.807, 2.05) is 0 Å². The first-order valence-corrected chi connectivity index (χ1v) is 6.94. The minimum atomic E-state index is 0.437. The van der Waals surface area contributed by atoms with Crippen molar-refractivity contribution in [2.24, 2.45) is 16.2 Å². The van der Waals surface area contributed by atoms with Gasteiger partial charge in [0.05, 0.1) is 0 Å². The van der Waals surface area contributed by atoms with E-state index in [2.05, 4.69) is 53.3 Å². The minimum absolute atomic E-state index is 0.437. The number of hydrogen-bond donors (Lipinski definition) is 0. The Morgan fingerprint density at radius 1 is 0.786 bits per heavy atom. The third kappa shape index (κ3) is 1.98. The molecule has 1 saturated heterocycles. The van der Waals surface area contributed by atoms with Gasteiger partial charge < -0.3 is 0 Å². The summed E-state index contributed by atoms with van der Waals surface area (Å²) in [6, 6.07) is 0. The zero-order chi connectivity index (χ0) is 11.0. The van der Waals surface area contributed by atoms with E-state index in [0.29, 0.717) is 16.2 Å². The van der Waals surface area contributed by atoms with Crippen LogP contribution >= 0.6 is 11.8 Å². The van der Waals surface area contributed by atoms with E-state index in [1.54, 1.807) is 0 Å². The van der Waals surface area contributed by atoms with Crippen molar-refractivity contribution in [2.75, 3.05) is 11.5 Å². The average molecular weight is 214 g/mol. The highest BCUT2D eigenvalue weighted by molar-refractivity contribution is 7.99. The number of hydrogen-bond acceptors (Lipinski definition) is 1. The lowest BCUT2D eigenvalue weighted by atomic mass is 9.51. The van der Waals surface area contributed by atoms with Gasteiger partial charge in [0.1, 0.15) is 0 Å². The molecule has 0 amide bonds. The molecular weight excluding hydrogens is 188 g/mol. The van der Waals surface area contributed by atoms with Gasteiger partial charge in [-0.05, 0) is 40.6 Å². The summed E-state index contributed by atoms with van der Waals surface area (Å²) in [7, 11) is 0. The second kappa shape index (κ2) is 3.73. The van der Waals surface area contributed by atoms with E-state index in [-0.39, 0.29) is 0 Å². The summed E-state index contributed by atoms with van der Waals surface area (Å²) in [5, 5.41) is 0. The van der Waals surface area contributed by atoms with Crippen molar-refractivity contribution in [1.29, 1.82) is 0 Å². The summed E-state index contributed by atoms with van der Waals surface area (Å²) >= 11 is 2.13. The van der Waals surface area contributed by atoms with Crippen LogP contribution in [0.5, 0.6) is 0 Å². The summed E-state index contributed by atoms with van der Waals surface area (Å²) in [6.07, 6.45) is 2.79. The molecule has 0 spiro atoms. The van der Waals surface area contributed by atoms with Crippen molar-refractivity contribution < 1.29 is 0 Å². The van der Waals surface area contributed by atoms with Crippen LogP contribution in [0.3, 0.4) is 0 Å². The molecule has 1 aliphatic rings. The van der Waals surface area contributed by atoms with Crippen LogP contribution in [0.15, 0.2) is 0 Å². The van der Waals surface area contributed by atoms with Crippen LogP contribution < -0.4 is 0 Å². The normalized spacial score (nSPS) is 23.6. The van der Waals surface area contributed by atoms with Crippen LogP contribution in [0.4, 0.5) is 0 Å². The molecule has 14 heavy (non-hydrogen) atoms. The van der Waals surface area contributed by atoms with Gasteiger partial charge in [-0.25, -0.2) is 0 Å². The van der Waals surface area contributed by atoms with Gasteiger partial charge in [0.25, 0.3) is 0 Å². The highest BCUT2D eigenvalue weighted by Gasteiger charge is 2.50. The van der Waals surface area contributed by atoms with E-state index in [0.717, 1.165) is 0 Å². The molecule has 1 heteroatoms. The maximum Gasteiger partial charge on any atom is -0.00618 e. The zero-order valence-electron chi connectivity index (χ0n) is 10.7. The van der Waals surface area contributed by atoms with Crippen molar-refractivity contribution in [1.82, 2.24) is 0 Å². The second-order valence-electron chi connectivity index (χ2n) is 6.69. The monoisotopic (exact) mass is 214 g/mol. The van der Waals surface area contributed by atoms with Crippen LogP contribution in [0.2, 0.25) is 0 Å². The van der Waals surface area contributed by atoms with E-state index in [1.165, 1.54) is 24.3 Å². The molecule has 0 bridgehead atoms. The Labute approximate surface area is 94.2 Å². The molecule has 0 atom stereocenters. The largest absolute Gasteiger partial charge is 0.162 e. The Morgan fingerprint density at radius 3 is 1.36 bits per heavy atom. The molecule has 1 heterocycles. The van der Waals surface area contributed by atoms with E-state index in [4.69, 9.17) is 0 Å². The van der Waals surface area contributed by atoms with Crippen LogP contribution in [0, 0.1) is 16.2 Å². The number of rotatable bonds is 0. The fourth-order valence-electron chi connectivity index (χ4n) is 3.34. The highest BCUT2D eigenvalue weighted by Crippen LogP contribution is 2.58. The molecule has 0 aromatic rings. The van der Waals surface area contributed by atoms with Gasteiger partial charge in [-0.2, -0.15) is 11.8 Å². The van der Waals surface area contributed by atoms with Gasteiger partial charge in [0.15, 0.2) is 0 Å². The molecule has 0 unspecified atom stereocenters. The molecule has 0 saturated carbocycles. The minimum Gasteiger partial charge on any atom is -0.162 e. The first-order valence-electron chi connectivity index (χ1n) is 5.78. The lowest BCUT2D eigenvalue weighted by Gasteiger charge is -2.56. The molecule has 1 aliphatic heterocycles. The van der Waals surface area contributed by atoms with E-state index >= 15 is 0 Å². The SMILES string of the molecule is CC(C)(C)C1(C(C)(C)C)CCSCC1. The molecule has 0 nitrogen and oxygen atoms in total.